The fourth-order valence-corrected chi connectivity index (χ4v) is 6.78. The number of aromatic nitrogens is 3. The minimum atomic E-state index is -1.60. The van der Waals surface area contributed by atoms with Crippen molar-refractivity contribution in [3.63, 3.8) is 0 Å². The number of amides is 2. The summed E-state index contributed by atoms with van der Waals surface area (Å²) < 4.78 is 10.4. The van der Waals surface area contributed by atoms with Crippen LogP contribution >= 0.6 is 0 Å². The second-order valence-corrected chi connectivity index (χ2v) is 27.6. The van der Waals surface area contributed by atoms with E-state index in [1.54, 1.807) is 62.4 Å². The van der Waals surface area contributed by atoms with E-state index in [0.717, 1.165) is 25.7 Å². The number of carbonyl (C=O) groups excluding carboxylic acids is 4. The Kier molecular flexibility index (Phi) is 19.0. The maximum Gasteiger partial charge on any atom is 0.343 e. The summed E-state index contributed by atoms with van der Waals surface area (Å²) in [5.41, 5.74) is 2.49. The van der Waals surface area contributed by atoms with Gasteiger partial charge in [-0.2, -0.15) is 15.0 Å². The van der Waals surface area contributed by atoms with Crippen molar-refractivity contribution in [2.75, 3.05) is 48.0 Å². The molecule has 16 heteroatoms. The quantitative estimate of drug-likeness (QED) is 0.0205. The van der Waals surface area contributed by atoms with Crippen LogP contribution in [0.4, 0.5) is 29.2 Å². The van der Waals surface area contributed by atoms with E-state index >= 15 is 0 Å². The molecule has 0 fully saturated rings. The second-order valence-electron chi connectivity index (χ2n) is 16.6. The molecule has 3 rings (SSSR count). The van der Waals surface area contributed by atoms with Gasteiger partial charge >= 0.3 is 11.9 Å². The molecule has 59 heavy (non-hydrogen) atoms. The topological polar surface area (TPSA) is 186 Å². The van der Waals surface area contributed by atoms with Gasteiger partial charge in [0.25, 0.3) is 11.8 Å². The van der Waals surface area contributed by atoms with E-state index < -0.39 is 39.9 Å². The third-order valence-electron chi connectivity index (χ3n) is 8.72. The Morgan fingerprint density at radius 3 is 1.39 bits per heavy atom. The van der Waals surface area contributed by atoms with Gasteiger partial charge in [-0.05, 0) is 73.7 Å². The molecular weight excluding hydrogens is 781 g/mol. The summed E-state index contributed by atoms with van der Waals surface area (Å²) in [4.78, 5) is 65.5. The van der Waals surface area contributed by atoms with Crippen LogP contribution < -0.4 is 26.6 Å². The first-order valence-corrected chi connectivity index (χ1v) is 27.9. The molecule has 14 nitrogen and oxygen atoms in total. The standard InChI is InChI=1S/C43H64N8O6Si2/c1-11-15-16-30(12-2)27-44-41-49-42(47-33-21-17-31(18-22-33)25-35(39(54)56-13-3)37(52)45-28-58(5,6)7)51-43(50-41)48-34-23-19-32(20-24-34)26-36(40(55)57-14-4)38(53)46-29-59(8,9)10/h17-26,30H,11-16,27-29H2,1-10H3,(H,45,52)(H,46,53)(H3,44,47,48,49,50,51). The fourth-order valence-electron chi connectivity index (χ4n) is 5.40. The van der Waals surface area contributed by atoms with Crippen LogP contribution in [0.1, 0.15) is 64.5 Å². The van der Waals surface area contributed by atoms with Crippen molar-refractivity contribution in [3.8, 4) is 0 Å². The summed E-state index contributed by atoms with van der Waals surface area (Å²) in [6, 6.07) is 14.4. The second kappa shape index (κ2) is 23.3. The Labute approximate surface area is 351 Å². The first kappa shape index (κ1) is 48.0. The molecule has 320 valence electrons. The van der Waals surface area contributed by atoms with Crippen molar-refractivity contribution >= 4 is 81.3 Å². The summed E-state index contributed by atoms with van der Waals surface area (Å²) in [6.07, 6.45) is 8.49. The number of unbranched alkanes of at least 4 members (excludes halogenated alkanes) is 1. The highest BCUT2D eigenvalue weighted by molar-refractivity contribution is 6.76. The molecule has 1 aromatic heterocycles. The SMILES string of the molecule is CCCCC(CC)CNc1nc(Nc2ccc(C=C(C(=O)NC[Si](C)(C)C)C(=O)OCC)cc2)nc(Nc2ccc(C=C(C(=O)NC[Si](C)(C)C)C(=O)OCC)cc2)n1. The molecule has 0 aliphatic rings. The summed E-state index contributed by atoms with van der Waals surface area (Å²) >= 11 is 0. The summed E-state index contributed by atoms with van der Waals surface area (Å²) in [5.74, 6) is -0.869. The van der Waals surface area contributed by atoms with Gasteiger partial charge in [-0.3, -0.25) is 9.59 Å². The molecular formula is C43H64N8O6Si2. The van der Waals surface area contributed by atoms with Crippen molar-refractivity contribution in [1.82, 2.24) is 25.6 Å². The number of benzene rings is 2. The van der Waals surface area contributed by atoms with Crippen LogP contribution in [0.25, 0.3) is 12.2 Å². The fraction of sp³-hybridized carbons (Fsp3) is 0.465. The lowest BCUT2D eigenvalue weighted by molar-refractivity contribution is -0.141. The van der Waals surface area contributed by atoms with Crippen molar-refractivity contribution in [2.24, 2.45) is 5.92 Å². The zero-order valence-corrected chi connectivity index (χ0v) is 38.5. The Bertz CT molecular complexity index is 1800. The molecule has 5 N–H and O–H groups in total. The van der Waals surface area contributed by atoms with E-state index in [1.807, 2.05) is 0 Å². The highest BCUT2D eigenvalue weighted by atomic mass is 28.3. The lowest BCUT2D eigenvalue weighted by atomic mass is 9.99. The van der Waals surface area contributed by atoms with Crippen LogP contribution in [0.15, 0.2) is 59.7 Å². The van der Waals surface area contributed by atoms with E-state index in [1.165, 1.54) is 12.2 Å². The van der Waals surface area contributed by atoms with E-state index in [9.17, 15) is 19.2 Å². The Morgan fingerprint density at radius 2 is 1.03 bits per heavy atom. The molecule has 2 amide bonds. The summed E-state index contributed by atoms with van der Waals surface area (Å²) in [5, 5.41) is 15.7. The van der Waals surface area contributed by atoms with Gasteiger partial charge in [0.05, 0.1) is 29.4 Å². The average molecular weight is 845 g/mol. The number of rotatable bonds is 23. The molecule has 1 heterocycles. The summed E-state index contributed by atoms with van der Waals surface area (Å²) in [7, 11) is -3.20. The molecule has 0 aliphatic heterocycles. The van der Waals surface area contributed by atoms with Crippen LogP contribution in [0.5, 0.6) is 0 Å². The predicted molar refractivity (Wildman–Crippen MR) is 243 cm³/mol. The Balaban J connectivity index is 1.90. The molecule has 3 aromatic rings. The van der Waals surface area contributed by atoms with Crippen LogP contribution in [0, 0.1) is 5.92 Å². The van der Waals surface area contributed by atoms with Gasteiger partial charge in [-0.15, -0.1) is 0 Å². The van der Waals surface area contributed by atoms with E-state index in [0.29, 0.717) is 53.2 Å². The molecule has 0 radical (unpaired) electrons. The number of hydrogen-bond donors (Lipinski definition) is 5. The number of esters is 2. The summed E-state index contributed by atoms with van der Waals surface area (Å²) in [6.45, 7) is 21.6. The molecule has 0 aliphatic carbocycles. The molecule has 1 atom stereocenters. The van der Waals surface area contributed by atoms with Crippen LogP contribution in [0.2, 0.25) is 39.3 Å². The minimum absolute atomic E-state index is 0.0644. The van der Waals surface area contributed by atoms with Gasteiger partial charge in [0.1, 0.15) is 11.1 Å². The first-order valence-electron chi connectivity index (χ1n) is 20.5. The molecule has 0 spiro atoms. The monoisotopic (exact) mass is 844 g/mol. The van der Waals surface area contributed by atoms with Crippen LogP contribution in [0.3, 0.4) is 0 Å². The molecule has 0 saturated heterocycles. The van der Waals surface area contributed by atoms with Gasteiger partial charge in [-0.1, -0.05) is 96.7 Å². The van der Waals surface area contributed by atoms with Crippen molar-refractivity contribution in [1.29, 1.82) is 0 Å². The maximum atomic E-state index is 13.0. The smallest absolute Gasteiger partial charge is 0.343 e. The first-order chi connectivity index (χ1) is 27.9. The number of ether oxygens (including phenoxy) is 2. The molecule has 0 bridgehead atoms. The molecule has 0 saturated carbocycles. The molecule has 1 unspecified atom stereocenters. The largest absolute Gasteiger partial charge is 0.462 e. The van der Waals surface area contributed by atoms with Crippen LogP contribution in [-0.4, -0.2) is 86.9 Å². The number of nitrogens with one attached hydrogen (secondary N) is 5. The van der Waals surface area contributed by atoms with Gasteiger partial charge in [0, 0.05) is 30.3 Å². The zero-order valence-electron chi connectivity index (χ0n) is 36.5. The van der Waals surface area contributed by atoms with E-state index in [2.05, 4.69) is 94.7 Å². The third-order valence-corrected chi connectivity index (χ3v) is 11.2. The maximum absolute atomic E-state index is 13.0. The van der Waals surface area contributed by atoms with Crippen molar-refractivity contribution in [2.45, 2.75) is 92.7 Å². The van der Waals surface area contributed by atoms with Crippen molar-refractivity contribution < 1.29 is 28.7 Å². The lowest BCUT2D eigenvalue weighted by Crippen LogP contribution is -2.41. The highest BCUT2D eigenvalue weighted by Crippen LogP contribution is 2.22. The van der Waals surface area contributed by atoms with Gasteiger partial charge < -0.3 is 36.1 Å². The third kappa shape index (κ3) is 17.6. The van der Waals surface area contributed by atoms with E-state index in [-0.39, 0.29) is 36.3 Å². The number of hydrogen-bond acceptors (Lipinski definition) is 12. The molecule has 2 aromatic carbocycles. The van der Waals surface area contributed by atoms with Crippen molar-refractivity contribution in [3.05, 3.63) is 70.8 Å². The number of carbonyl (C=O) groups is 4. The average Bonchev–Trinajstić information content (AvgIpc) is 3.18. The zero-order chi connectivity index (χ0) is 43.6. The number of nitrogens with zero attached hydrogens (tertiary/aromatic N) is 3. The predicted octanol–water partition coefficient (Wildman–Crippen LogP) is 7.87. The number of anilines is 5. The Hall–Kier alpha value is -5.36. The van der Waals surface area contributed by atoms with Crippen LogP contribution in [-0.2, 0) is 28.7 Å². The highest BCUT2D eigenvalue weighted by Gasteiger charge is 2.24. The Morgan fingerprint density at radius 1 is 0.627 bits per heavy atom. The normalized spacial score (nSPS) is 12.6. The lowest BCUT2D eigenvalue weighted by Gasteiger charge is -2.17. The van der Waals surface area contributed by atoms with Gasteiger partial charge in [0.15, 0.2) is 0 Å². The van der Waals surface area contributed by atoms with E-state index in [4.69, 9.17) is 9.47 Å². The minimum Gasteiger partial charge on any atom is -0.462 e. The van der Waals surface area contributed by atoms with Gasteiger partial charge in [-0.25, -0.2) is 9.59 Å². The van der Waals surface area contributed by atoms with Gasteiger partial charge in [0.2, 0.25) is 17.8 Å².